The fraction of sp³-hybridized carbons (Fsp3) is 0.565. The average Bonchev–Trinajstić information content (AvgIpc) is 3.22. The summed E-state index contributed by atoms with van der Waals surface area (Å²) in [5.41, 5.74) is 0.977. The van der Waals surface area contributed by atoms with E-state index < -0.39 is 5.60 Å². The van der Waals surface area contributed by atoms with Crippen molar-refractivity contribution in [2.24, 2.45) is 0 Å². The van der Waals surface area contributed by atoms with Gasteiger partial charge >= 0.3 is 6.09 Å². The first-order valence-electron chi connectivity index (χ1n) is 11.0. The zero-order chi connectivity index (χ0) is 23.2. The van der Waals surface area contributed by atoms with E-state index in [0.717, 1.165) is 22.7 Å². The van der Waals surface area contributed by atoms with E-state index in [0.29, 0.717) is 29.7 Å². The van der Waals surface area contributed by atoms with Gasteiger partial charge in [0.25, 0.3) is 5.91 Å². The van der Waals surface area contributed by atoms with Gasteiger partial charge in [0.15, 0.2) is 5.13 Å². The Kier molecular flexibility index (Phi) is 5.76. The molecule has 3 heterocycles. The number of aromatic nitrogens is 1. The number of amides is 2. The number of nitrogens with zero attached hydrogens (tertiary/aromatic N) is 4. The molecular formula is C23H29N5O3S. The number of carbonyl (C=O) groups excluding carboxylic acids is 2. The van der Waals surface area contributed by atoms with Gasteiger partial charge in [-0.25, -0.2) is 9.78 Å². The molecule has 0 spiro atoms. The highest BCUT2D eigenvalue weighted by atomic mass is 32.1. The van der Waals surface area contributed by atoms with Gasteiger partial charge in [-0.3, -0.25) is 4.79 Å². The molecule has 2 atom stereocenters. The zero-order valence-electron chi connectivity index (χ0n) is 19.1. The van der Waals surface area contributed by atoms with Gasteiger partial charge in [-0.05, 0) is 59.6 Å². The minimum absolute atomic E-state index is 0.0117. The van der Waals surface area contributed by atoms with Gasteiger partial charge in [-0.2, -0.15) is 5.26 Å². The van der Waals surface area contributed by atoms with E-state index in [-0.39, 0.29) is 30.1 Å². The lowest BCUT2D eigenvalue weighted by atomic mass is 10.1. The summed E-state index contributed by atoms with van der Waals surface area (Å²) in [4.78, 5) is 34.0. The number of nitriles is 1. The number of nitrogens with one attached hydrogen (secondary N) is 1. The maximum absolute atomic E-state index is 12.6. The third-order valence-electron chi connectivity index (χ3n) is 5.64. The fourth-order valence-corrected chi connectivity index (χ4v) is 5.56. The Morgan fingerprint density at radius 2 is 1.91 bits per heavy atom. The van der Waals surface area contributed by atoms with E-state index in [9.17, 15) is 14.9 Å². The standard InChI is InChI=1S/C23H29N5O3S/c1-13(2)25-20(29)14-8-15(10-24)19-18(9-14)32-21(26-19)28-16-6-7-17(28)12-27(11-16)22(30)31-23(3,4)5/h8-9,13,16-17H,6-7,11-12H2,1-5H3,(H,25,29). The lowest BCUT2D eigenvalue weighted by Gasteiger charge is -2.41. The van der Waals surface area contributed by atoms with Crippen molar-refractivity contribution in [2.75, 3.05) is 18.0 Å². The Morgan fingerprint density at radius 1 is 1.25 bits per heavy atom. The topological polar surface area (TPSA) is 98.6 Å². The van der Waals surface area contributed by atoms with Crippen molar-refractivity contribution in [3.63, 3.8) is 0 Å². The Labute approximate surface area is 192 Å². The van der Waals surface area contributed by atoms with Crippen LogP contribution in [0.3, 0.4) is 0 Å². The van der Waals surface area contributed by atoms with Crippen molar-refractivity contribution in [1.29, 1.82) is 5.26 Å². The summed E-state index contributed by atoms with van der Waals surface area (Å²) in [6.07, 6.45) is 1.69. The SMILES string of the molecule is CC(C)NC(=O)c1cc(C#N)c2nc(N3C4CCC3CN(C(=O)OC(C)(C)C)C4)sc2c1. The number of hydrogen-bond acceptors (Lipinski definition) is 7. The largest absolute Gasteiger partial charge is 0.444 e. The van der Waals surface area contributed by atoms with E-state index in [2.05, 4.69) is 16.3 Å². The van der Waals surface area contributed by atoms with E-state index >= 15 is 0 Å². The molecule has 0 aliphatic carbocycles. The molecule has 2 aromatic rings. The number of likely N-dealkylation sites (tertiary alicyclic amines) is 1. The number of rotatable bonds is 3. The molecule has 2 unspecified atom stereocenters. The Balaban J connectivity index is 1.60. The first-order valence-corrected chi connectivity index (χ1v) is 11.8. The van der Waals surface area contributed by atoms with Crippen molar-refractivity contribution >= 4 is 38.7 Å². The van der Waals surface area contributed by atoms with Gasteiger partial charge in [0.1, 0.15) is 17.2 Å². The molecule has 0 radical (unpaired) electrons. The maximum Gasteiger partial charge on any atom is 0.410 e. The number of ether oxygens (including phenoxy) is 1. The summed E-state index contributed by atoms with van der Waals surface area (Å²) >= 11 is 1.50. The Bertz CT molecular complexity index is 1080. The quantitative estimate of drug-likeness (QED) is 0.754. The predicted molar refractivity (Wildman–Crippen MR) is 124 cm³/mol. The number of anilines is 1. The normalized spacial score (nSPS) is 20.5. The summed E-state index contributed by atoms with van der Waals surface area (Å²) in [5, 5.41) is 13.4. The summed E-state index contributed by atoms with van der Waals surface area (Å²) in [6, 6.07) is 5.95. The van der Waals surface area contributed by atoms with E-state index in [1.54, 1.807) is 11.0 Å². The molecule has 32 heavy (non-hydrogen) atoms. The summed E-state index contributed by atoms with van der Waals surface area (Å²) in [7, 11) is 0. The van der Waals surface area contributed by atoms with Crippen LogP contribution in [0.5, 0.6) is 0 Å². The highest BCUT2D eigenvalue weighted by Gasteiger charge is 2.43. The van der Waals surface area contributed by atoms with Crippen molar-refractivity contribution in [3.8, 4) is 6.07 Å². The molecule has 2 amide bonds. The number of piperazine rings is 1. The third kappa shape index (κ3) is 4.37. The van der Waals surface area contributed by atoms with Crippen LogP contribution in [0.2, 0.25) is 0 Å². The van der Waals surface area contributed by atoms with Gasteiger partial charge in [0.05, 0.1) is 10.3 Å². The molecule has 2 bridgehead atoms. The molecule has 1 N–H and O–H groups in total. The van der Waals surface area contributed by atoms with Gasteiger partial charge < -0.3 is 19.9 Å². The first kappa shape index (κ1) is 22.3. The van der Waals surface area contributed by atoms with Crippen LogP contribution in [0.15, 0.2) is 12.1 Å². The van der Waals surface area contributed by atoms with Crippen LogP contribution in [0, 0.1) is 11.3 Å². The van der Waals surface area contributed by atoms with Crippen LogP contribution in [0.1, 0.15) is 63.4 Å². The van der Waals surface area contributed by atoms with Gasteiger partial charge in [-0.15, -0.1) is 0 Å². The molecule has 2 aliphatic heterocycles. The molecule has 1 aromatic heterocycles. The monoisotopic (exact) mass is 455 g/mol. The maximum atomic E-state index is 12.6. The minimum atomic E-state index is -0.520. The summed E-state index contributed by atoms with van der Waals surface area (Å²) < 4.78 is 6.39. The van der Waals surface area contributed by atoms with Crippen molar-refractivity contribution in [1.82, 2.24) is 15.2 Å². The van der Waals surface area contributed by atoms with Gasteiger partial charge in [0.2, 0.25) is 0 Å². The van der Waals surface area contributed by atoms with E-state index in [1.165, 1.54) is 11.3 Å². The van der Waals surface area contributed by atoms with E-state index in [1.807, 2.05) is 40.7 Å². The smallest absolute Gasteiger partial charge is 0.410 e. The number of fused-ring (bicyclic) bond motifs is 3. The molecule has 2 aliphatic rings. The second-order valence-corrected chi connectivity index (χ2v) is 10.8. The summed E-state index contributed by atoms with van der Waals surface area (Å²) in [5.74, 6) is -0.195. The van der Waals surface area contributed by atoms with Gasteiger partial charge in [0, 0.05) is 36.8 Å². The molecule has 9 heteroatoms. The van der Waals surface area contributed by atoms with Crippen molar-refractivity contribution in [3.05, 3.63) is 23.3 Å². The highest BCUT2D eigenvalue weighted by molar-refractivity contribution is 7.22. The third-order valence-corrected chi connectivity index (χ3v) is 6.66. The van der Waals surface area contributed by atoms with E-state index in [4.69, 9.17) is 9.72 Å². The lowest BCUT2D eigenvalue weighted by molar-refractivity contribution is 0.0209. The van der Waals surface area contributed by atoms with Crippen LogP contribution >= 0.6 is 11.3 Å². The molecule has 0 saturated carbocycles. The molecule has 4 rings (SSSR count). The van der Waals surface area contributed by atoms with Crippen molar-refractivity contribution in [2.45, 2.75) is 71.2 Å². The Morgan fingerprint density at radius 3 is 2.47 bits per heavy atom. The molecule has 170 valence electrons. The lowest BCUT2D eigenvalue weighted by Crippen LogP contribution is -2.56. The molecular weight excluding hydrogens is 426 g/mol. The van der Waals surface area contributed by atoms with Crippen LogP contribution in [-0.2, 0) is 4.74 Å². The van der Waals surface area contributed by atoms with Gasteiger partial charge in [-0.1, -0.05) is 11.3 Å². The van der Waals surface area contributed by atoms with Crippen LogP contribution < -0.4 is 10.2 Å². The molecule has 1 aromatic carbocycles. The minimum Gasteiger partial charge on any atom is -0.444 e. The highest BCUT2D eigenvalue weighted by Crippen LogP contribution is 2.40. The number of hydrogen-bond donors (Lipinski definition) is 1. The van der Waals surface area contributed by atoms with Crippen LogP contribution in [0.25, 0.3) is 10.2 Å². The molecule has 2 saturated heterocycles. The van der Waals surface area contributed by atoms with Crippen LogP contribution in [0.4, 0.5) is 9.93 Å². The molecule has 8 nitrogen and oxygen atoms in total. The number of carbonyl (C=O) groups is 2. The number of benzene rings is 1. The average molecular weight is 456 g/mol. The predicted octanol–water partition coefficient (Wildman–Crippen LogP) is 3.89. The van der Waals surface area contributed by atoms with Crippen LogP contribution in [-0.4, -0.2) is 58.7 Å². The second-order valence-electron chi connectivity index (χ2n) is 9.78. The fourth-order valence-electron chi connectivity index (χ4n) is 4.38. The zero-order valence-corrected chi connectivity index (χ0v) is 20.0. The summed E-state index contributed by atoms with van der Waals surface area (Å²) in [6.45, 7) is 10.6. The second kappa shape index (κ2) is 8.24. The Hall–Kier alpha value is -2.86. The molecule has 2 fully saturated rings. The first-order chi connectivity index (χ1) is 15.1. The number of thiazole rings is 1. The van der Waals surface area contributed by atoms with Crippen molar-refractivity contribution < 1.29 is 14.3 Å².